The summed E-state index contributed by atoms with van der Waals surface area (Å²) in [4.78, 5) is 4.43. The maximum atomic E-state index is 13.4. The van der Waals surface area contributed by atoms with Gasteiger partial charge in [0.1, 0.15) is 29.8 Å². The molecule has 6 heteroatoms. The highest BCUT2D eigenvalue weighted by atomic mass is 35.5. The fourth-order valence-electron chi connectivity index (χ4n) is 3.81. The molecule has 0 amide bonds. The number of anilines is 1. The van der Waals surface area contributed by atoms with E-state index in [0.717, 1.165) is 35.9 Å². The number of rotatable bonds is 6. The number of nitrogens with one attached hydrogen (secondary N) is 1. The lowest BCUT2D eigenvalue weighted by molar-refractivity contribution is 0.305. The van der Waals surface area contributed by atoms with Gasteiger partial charge in [-0.15, -0.1) is 0 Å². The molecule has 156 valence electrons. The minimum Gasteiger partial charge on any atom is -0.489 e. The van der Waals surface area contributed by atoms with E-state index >= 15 is 0 Å². The predicted octanol–water partition coefficient (Wildman–Crippen LogP) is 7.00. The molecule has 1 saturated carbocycles. The third-order valence-electron chi connectivity index (χ3n) is 5.29. The molecule has 1 fully saturated rings. The van der Waals surface area contributed by atoms with E-state index in [-0.39, 0.29) is 6.61 Å². The van der Waals surface area contributed by atoms with Gasteiger partial charge in [0, 0.05) is 23.9 Å². The van der Waals surface area contributed by atoms with Crippen LogP contribution in [0.3, 0.4) is 0 Å². The molecule has 0 saturated heterocycles. The lowest BCUT2D eigenvalue weighted by atomic mass is 9.95. The van der Waals surface area contributed by atoms with Crippen LogP contribution >= 0.6 is 11.6 Å². The molecule has 0 bridgehead atoms. The highest BCUT2D eigenvalue weighted by molar-refractivity contribution is 6.33. The minimum absolute atomic E-state index is 0.0662. The molecule has 1 aliphatic rings. The number of aromatic nitrogens is 1. The Morgan fingerprint density at radius 1 is 1.00 bits per heavy atom. The van der Waals surface area contributed by atoms with Crippen molar-refractivity contribution in [2.75, 3.05) is 5.32 Å². The molecule has 4 rings (SSSR count). The van der Waals surface area contributed by atoms with E-state index in [0.29, 0.717) is 22.4 Å². The molecular weight excluding hydrogens is 406 g/mol. The van der Waals surface area contributed by atoms with Gasteiger partial charge in [-0.3, -0.25) is 0 Å². The second-order valence-electron chi connectivity index (χ2n) is 7.62. The van der Waals surface area contributed by atoms with E-state index in [1.165, 1.54) is 31.4 Å². The fourth-order valence-corrected chi connectivity index (χ4v) is 4.02. The molecule has 3 aromatic rings. The molecule has 0 aliphatic heterocycles. The van der Waals surface area contributed by atoms with Crippen molar-refractivity contribution in [3.05, 3.63) is 76.9 Å². The standard InChI is InChI=1S/C24H23ClF2N2O/c25-23-14-28-24(29-20-6-2-1-3-7-20)13-22(23)17-5-4-8-21(11-17)30-15-16-9-18(26)12-19(27)10-16/h4-5,8-14,20H,1-3,6-7,15H2,(H,28,29). The van der Waals surface area contributed by atoms with Crippen LogP contribution in [0.25, 0.3) is 11.1 Å². The van der Waals surface area contributed by atoms with Crippen molar-refractivity contribution in [2.24, 2.45) is 0 Å². The maximum absolute atomic E-state index is 13.4. The normalized spacial score (nSPS) is 14.5. The van der Waals surface area contributed by atoms with Gasteiger partial charge >= 0.3 is 0 Å². The third-order valence-corrected chi connectivity index (χ3v) is 5.59. The van der Waals surface area contributed by atoms with E-state index in [9.17, 15) is 8.78 Å². The molecule has 30 heavy (non-hydrogen) atoms. The van der Waals surface area contributed by atoms with Gasteiger partial charge in [0.2, 0.25) is 0 Å². The van der Waals surface area contributed by atoms with Crippen molar-refractivity contribution >= 4 is 17.4 Å². The van der Waals surface area contributed by atoms with Gasteiger partial charge in [0.05, 0.1) is 5.02 Å². The first kappa shape index (κ1) is 20.6. The molecule has 0 unspecified atom stereocenters. The van der Waals surface area contributed by atoms with E-state index in [2.05, 4.69) is 10.3 Å². The van der Waals surface area contributed by atoms with Crippen LogP contribution in [-0.2, 0) is 6.61 Å². The monoisotopic (exact) mass is 428 g/mol. The summed E-state index contributed by atoms with van der Waals surface area (Å²) in [6.07, 6.45) is 7.75. The number of halogens is 3. The highest BCUT2D eigenvalue weighted by Gasteiger charge is 2.15. The summed E-state index contributed by atoms with van der Waals surface area (Å²) in [5.74, 6) is 0.155. The lowest BCUT2D eigenvalue weighted by Crippen LogP contribution is -2.22. The zero-order valence-corrected chi connectivity index (χ0v) is 17.3. The fraction of sp³-hybridized carbons (Fsp3) is 0.292. The second-order valence-corrected chi connectivity index (χ2v) is 8.03. The van der Waals surface area contributed by atoms with Gasteiger partial charge in [-0.2, -0.15) is 0 Å². The minimum atomic E-state index is -0.621. The number of benzene rings is 2. The van der Waals surface area contributed by atoms with Crippen LogP contribution in [0, 0.1) is 11.6 Å². The highest BCUT2D eigenvalue weighted by Crippen LogP contribution is 2.32. The Balaban J connectivity index is 1.50. The number of hydrogen-bond donors (Lipinski definition) is 1. The summed E-state index contributed by atoms with van der Waals surface area (Å²) < 4.78 is 32.5. The van der Waals surface area contributed by atoms with Crippen LogP contribution in [0.4, 0.5) is 14.6 Å². The Labute approximate surface area is 180 Å². The van der Waals surface area contributed by atoms with Crippen LogP contribution in [-0.4, -0.2) is 11.0 Å². The zero-order chi connectivity index (χ0) is 20.9. The molecule has 1 aromatic heterocycles. The molecule has 3 nitrogen and oxygen atoms in total. The van der Waals surface area contributed by atoms with Crippen LogP contribution in [0.2, 0.25) is 5.02 Å². The van der Waals surface area contributed by atoms with Crippen molar-refractivity contribution in [1.82, 2.24) is 4.98 Å². The van der Waals surface area contributed by atoms with E-state index in [1.807, 2.05) is 24.3 Å². The number of ether oxygens (including phenoxy) is 1. The van der Waals surface area contributed by atoms with Crippen LogP contribution in [0.5, 0.6) is 5.75 Å². The summed E-state index contributed by atoms with van der Waals surface area (Å²) in [7, 11) is 0. The number of pyridine rings is 1. The Hall–Kier alpha value is -2.66. The molecule has 0 spiro atoms. The zero-order valence-electron chi connectivity index (χ0n) is 16.5. The van der Waals surface area contributed by atoms with E-state index in [4.69, 9.17) is 16.3 Å². The molecule has 1 aliphatic carbocycles. The summed E-state index contributed by atoms with van der Waals surface area (Å²) in [5.41, 5.74) is 2.17. The first-order valence-corrected chi connectivity index (χ1v) is 10.5. The van der Waals surface area contributed by atoms with Crippen molar-refractivity contribution in [3.8, 4) is 16.9 Å². The van der Waals surface area contributed by atoms with Gasteiger partial charge in [0.15, 0.2) is 0 Å². The van der Waals surface area contributed by atoms with Gasteiger partial charge in [-0.25, -0.2) is 13.8 Å². The molecule has 0 atom stereocenters. The van der Waals surface area contributed by atoms with Gasteiger partial charge in [-0.05, 0) is 54.3 Å². The molecular formula is C24H23ClF2N2O. The summed E-state index contributed by atoms with van der Waals surface area (Å²) >= 11 is 6.42. The average Bonchev–Trinajstić information content (AvgIpc) is 2.74. The number of nitrogens with zero attached hydrogens (tertiary/aromatic N) is 1. The van der Waals surface area contributed by atoms with Crippen molar-refractivity contribution in [2.45, 2.75) is 44.8 Å². The van der Waals surface area contributed by atoms with Gasteiger partial charge in [0.25, 0.3) is 0 Å². The molecule has 2 aromatic carbocycles. The van der Waals surface area contributed by atoms with Crippen LogP contribution in [0.1, 0.15) is 37.7 Å². The van der Waals surface area contributed by atoms with E-state index < -0.39 is 11.6 Å². The van der Waals surface area contributed by atoms with Crippen LogP contribution < -0.4 is 10.1 Å². The molecule has 1 heterocycles. The number of hydrogen-bond acceptors (Lipinski definition) is 3. The Kier molecular flexibility index (Phi) is 6.48. The first-order valence-electron chi connectivity index (χ1n) is 10.2. The van der Waals surface area contributed by atoms with Crippen molar-refractivity contribution in [1.29, 1.82) is 0 Å². The first-order chi connectivity index (χ1) is 14.6. The maximum Gasteiger partial charge on any atom is 0.126 e. The lowest BCUT2D eigenvalue weighted by Gasteiger charge is -2.23. The molecule has 1 N–H and O–H groups in total. The topological polar surface area (TPSA) is 34.1 Å². The van der Waals surface area contributed by atoms with Crippen LogP contribution in [0.15, 0.2) is 54.7 Å². The van der Waals surface area contributed by atoms with Gasteiger partial charge < -0.3 is 10.1 Å². The van der Waals surface area contributed by atoms with E-state index in [1.54, 1.807) is 12.3 Å². The average molecular weight is 429 g/mol. The van der Waals surface area contributed by atoms with Crippen molar-refractivity contribution < 1.29 is 13.5 Å². The third kappa shape index (κ3) is 5.28. The quantitative estimate of drug-likeness (QED) is 0.458. The Morgan fingerprint density at radius 3 is 2.53 bits per heavy atom. The summed E-state index contributed by atoms with van der Waals surface area (Å²) in [5, 5.41) is 4.07. The SMILES string of the molecule is Fc1cc(F)cc(COc2cccc(-c3cc(NC4CCCCC4)ncc3Cl)c2)c1. The van der Waals surface area contributed by atoms with Gasteiger partial charge in [-0.1, -0.05) is 43.0 Å². The predicted molar refractivity (Wildman–Crippen MR) is 116 cm³/mol. The summed E-state index contributed by atoms with van der Waals surface area (Å²) in [6, 6.07) is 13.2. The largest absolute Gasteiger partial charge is 0.489 e. The van der Waals surface area contributed by atoms with Crippen molar-refractivity contribution in [3.63, 3.8) is 0 Å². The molecule has 0 radical (unpaired) electrons. The Bertz CT molecular complexity index is 1000. The summed E-state index contributed by atoms with van der Waals surface area (Å²) in [6.45, 7) is 0.0662. The second kappa shape index (κ2) is 9.43. The Morgan fingerprint density at radius 2 is 1.77 bits per heavy atom. The smallest absolute Gasteiger partial charge is 0.126 e.